The van der Waals surface area contributed by atoms with Gasteiger partial charge in [-0.3, -0.25) is 4.79 Å². The van der Waals surface area contributed by atoms with E-state index in [2.05, 4.69) is 10.6 Å². The van der Waals surface area contributed by atoms with Crippen molar-refractivity contribution in [3.05, 3.63) is 89.2 Å². The molecule has 0 aromatic heterocycles. The van der Waals surface area contributed by atoms with Crippen LogP contribution in [0.5, 0.6) is 0 Å². The molecular weight excluding hydrogens is 455 g/mol. The molecule has 8 nitrogen and oxygen atoms in total. The van der Waals surface area contributed by atoms with Crippen molar-refractivity contribution in [3.8, 4) is 11.1 Å². The fourth-order valence-electron chi connectivity index (χ4n) is 4.12. The van der Waals surface area contributed by atoms with E-state index >= 15 is 0 Å². The monoisotopic (exact) mass is 478 g/mol. The van der Waals surface area contributed by atoms with Crippen LogP contribution in [0.1, 0.15) is 27.4 Å². The maximum atomic E-state index is 13.4. The maximum Gasteiger partial charge on any atom is 0.407 e. The Balaban J connectivity index is 1.35. The van der Waals surface area contributed by atoms with Crippen LogP contribution in [-0.4, -0.2) is 49.4 Å². The Morgan fingerprint density at radius 3 is 2.23 bits per heavy atom. The third-order valence-electron chi connectivity index (χ3n) is 5.82. The summed E-state index contributed by atoms with van der Waals surface area (Å²) < 4.78 is 23.9. The Bertz CT molecular complexity index is 1230. The minimum absolute atomic E-state index is 0.0907. The van der Waals surface area contributed by atoms with E-state index in [1.807, 2.05) is 48.5 Å². The lowest BCUT2D eigenvalue weighted by atomic mass is 9.98. The second-order valence-corrected chi connectivity index (χ2v) is 7.92. The van der Waals surface area contributed by atoms with E-state index in [0.29, 0.717) is 0 Å². The van der Waals surface area contributed by atoms with Gasteiger partial charge in [0, 0.05) is 13.0 Å². The molecule has 4 rings (SSSR count). The smallest absolute Gasteiger partial charge is 0.407 e. The number of benzene rings is 3. The Hall–Kier alpha value is -4.24. The molecule has 0 saturated heterocycles. The Morgan fingerprint density at radius 2 is 1.63 bits per heavy atom. The summed E-state index contributed by atoms with van der Waals surface area (Å²) in [6.45, 7) is -0.107. The summed E-state index contributed by atoms with van der Waals surface area (Å²) in [5, 5.41) is 14.1. The number of hydrogen-bond donors (Lipinski definition) is 3. The van der Waals surface area contributed by atoms with Gasteiger partial charge in [0.05, 0.1) is 17.8 Å². The van der Waals surface area contributed by atoms with E-state index in [1.54, 1.807) is 0 Å². The molecular formula is C26H23FN2O6. The number of methoxy groups -OCH3 is 1. The predicted molar refractivity (Wildman–Crippen MR) is 126 cm³/mol. The molecule has 2 amide bonds. The lowest BCUT2D eigenvalue weighted by molar-refractivity contribution is -0.125. The second-order valence-electron chi connectivity index (χ2n) is 7.92. The molecule has 1 unspecified atom stereocenters. The van der Waals surface area contributed by atoms with Crippen molar-refractivity contribution in [3.63, 3.8) is 0 Å². The van der Waals surface area contributed by atoms with Crippen LogP contribution in [0.3, 0.4) is 0 Å². The highest BCUT2D eigenvalue weighted by atomic mass is 19.1. The number of amides is 2. The third-order valence-corrected chi connectivity index (χ3v) is 5.82. The lowest BCUT2D eigenvalue weighted by Crippen LogP contribution is -2.41. The number of carboxylic acids is 1. The molecule has 9 heteroatoms. The number of hydrogen-bond acceptors (Lipinski definition) is 5. The first-order valence-corrected chi connectivity index (χ1v) is 10.8. The number of carbonyl (C=O) groups is 3. The zero-order valence-electron chi connectivity index (χ0n) is 18.8. The number of alkyl carbamates (subject to hydrolysis) is 1. The highest BCUT2D eigenvalue weighted by molar-refractivity contribution is 6.02. The van der Waals surface area contributed by atoms with Crippen LogP contribution in [0.15, 0.2) is 66.7 Å². The molecule has 3 N–H and O–H groups in total. The van der Waals surface area contributed by atoms with Gasteiger partial charge in [-0.25, -0.2) is 14.0 Å². The fraction of sp³-hybridized carbons (Fsp3) is 0.192. The van der Waals surface area contributed by atoms with Gasteiger partial charge in [0.2, 0.25) is 0 Å². The van der Waals surface area contributed by atoms with Gasteiger partial charge in [-0.05, 0) is 40.5 Å². The Morgan fingerprint density at radius 1 is 1.00 bits per heavy atom. The summed E-state index contributed by atoms with van der Waals surface area (Å²) in [6.07, 6.45) is -1.86. The van der Waals surface area contributed by atoms with Gasteiger partial charge in [0.25, 0.3) is 5.91 Å². The van der Waals surface area contributed by atoms with Crippen molar-refractivity contribution in [1.82, 2.24) is 5.32 Å². The van der Waals surface area contributed by atoms with Crippen LogP contribution >= 0.6 is 0 Å². The third kappa shape index (κ3) is 5.15. The number of carbonyl (C=O) groups excluding carboxylic acids is 2. The van der Waals surface area contributed by atoms with E-state index in [9.17, 15) is 23.9 Å². The Labute approximate surface area is 200 Å². The summed E-state index contributed by atoms with van der Waals surface area (Å²) in [6, 6.07) is 18.9. The first kappa shape index (κ1) is 23.9. The number of carboxylic acid groups (broad SMARTS) is 1. The molecule has 0 spiro atoms. The van der Waals surface area contributed by atoms with Crippen LogP contribution in [-0.2, 0) is 14.3 Å². The van der Waals surface area contributed by atoms with E-state index in [4.69, 9.17) is 9.47 Å². The molecule has 0 saturated carbocycles. The van der Waals surface area contributed by atoms with Gasteiger partial charge >= 0.3 is 12.1 Å². The largest absolute Gasteiger partial charge is 0.478 e. The van der Waals surface area contributed by atoms with Gasteiger partial charge < -0.3 is 25.2 Å². The van der Waals surface area contributed by atoms with Crippen molar-refractivity contribution in [2.45, 2.75) is 12.0 Å². The molecule has 180 valence electrons. The predicted octanol–water partition coefficient (Wildman–Crippen LogP) is 4.02. The minimum Gasteiger partial charge on any atom is -0.478 e. The standard InChI is InChI=1S/C26H23FN2O6/c1-34-23(24(30)29-22-11-10-15(27)12-20(22)25(31)32)13-28-26(33)35-14-21-18-8-4-2-6-16(18)17-7-3-5-9-19(17)21/h2-12,21,23H,13-14H2,1H3,(H,28,33)(H,29,30)(H,31,32). The average Bonchev–Trinajstić information content (AvgIpc) is 3.18. The summed E-state index contributed by atoms with van der Waals surface area (Å²) in [4.78, 5) is 36.2. The molecule has 1 aliphatic rings. The number of fused-ring (bicyclic) bond motifs is 3. The normalized spacial score (nSPS) is 12.9. The highest BCUT2D eigenvalue weighted by Gasteiger charge is 2.29. The lowest BCUT2D eigenvalue weighted by Gasteiger charge is -2.18. The molecule has 0 fully saturated rings. The molecule has 3 aromatic carbocycles. The van der Waals surface area contributed by atoms with Gasteiger partial charge in [0.1, 0.15) is 12.4 Å². The van der Waals surface area contributed by atoms with Crippen molar-refractivity contribution >= 4 is 23.7 Å². The number of rotatable bonds is 8. The fourth-order valence-corrected chi connectivity index (χ4v) is 4.12. The molecule has 0 bridgehead atoms. The SMILES string of the molecule is COC(CNC(=O)OCC1c2ccccc2-c2ccccc21)C(=O)Nc1ccc(F)cc1C(=O)O. The topological polar surface area (TPSA) is 114 Å². The zero-order valence-corrected chi connectivity index (χ0v) is 18.8. The molecule has 35 heavy (non-hydrogen) atoms. The van der Waals surface area contributed by atoms with Gasteiger partial charge in [-0.15, -0.1) is 0 Å². The van der Waals surface area contributed by atoms with Crippen molar-refractivity contribution < 1.29 is 33.4 Å². The number of aromatic carboxylic acids is 1. The summed E-state index contributed by atoms with van der Waals surface area (Å²) in [5.41, 5.74) is 3.86. The summed E-state index contributed by atoms with van der Waals surface area (Å²) in [5.74, 6) is -2.96. The van der Waals surface area contributed by atoms with E-state index in [0.717, 1.165) is 40.5 Å². The van der Waals surface area contributed by atoms with Crippen LogP contribution in [0.2, 0.25) is 0 Å². The number of ether oxygens (including phenoxy) is 2. The van der Waals surface area contributed by atoms with Crippen molar-refractivity contribution in [2.24, 2.45) is 0 Å². The molecule has 1 aliphatic carbocycles. The summed E-state index contributed by atoms with van der Waals surface area (Å²) >= 11 is 0. The maximum absolute atomic E-state index is 13.4. The highest BCUT2D eigenvalue weighted by Crippen LogP contribution is 2.44. The van der Waals surface area contributed by atoms with Gasteiger partial charge in [0.15, 0.2) is 6.10 Å². The van der Waals surface area contributed by atoms with Crippen molar-refractivity contribution in [1.29, 1.82) is 0 Å². The Kier molecular flexibility index (Phi) is 7.07. The number of anilines is 1. The quantitative estimate of drug-likeness (QED) is 0.451. The van der Waals surface area contributed by atoms with Gasteiger partial charge in [-0.2, -0.15) is 0 Å². The zero-order chi connectivity index (χ0) is 24.9. The first-order chi connectivity index (χ1) is 16.9. The molecule has 0 radical (unpaired) electrons. The average molecular weight is 478 g/mol. The molecule has 0 heterocycles. The van der Waals surface area contributed by atoms with E-state index < -0.39 is 35.5 Å². The van der Waals surface area contributed by atoms with E-state index in [1.165, 1.54) is 7.11 Å². The molecule has 3 aromatic rings. The van der Waals surface area contributed by atoms with Crippen LogP contribution in [0.4, 0.5) is 14.9 Å². The van der Waals surface area contributed by atoms with Crippen molar-refractivity contribution in [2.75, 3.05) is 25.6 Å². The van der Waals surface area contributed by atoms with Gasteiger partial charge in [-0.1, -0.05) is 48.5 Å². The summed E-state index contributed by atoms with van der Waals surface area (Å²) in [7, 11) is 1.27. The van der Waals surface area contributed by atoms with Crippen LogP contribution in [0.25, 0.3) is 11.1 Å². The van der Waals surface area contributed by atoms with Crippen LogP contribution in [0, 0.1) is 5.82 Å². The first-order valence-electron chi connectivity index (χ1n) is 10.8. The second kappa shape index (κ2) is 10.4. The minimum atomic E-state index is -1.40. The number of nitrogens with one attached hydrogen (secondary N) is 2. The van der Waals surface area contributed by atoms with E-state index in [-0.39, 0.29) is 24.8 Å². The van der Waals surface area contributed by atoms with Crippen LogP contribution < -0.4 is 10.6 Å². The number of halogens is 1. The molecule has 1 atom stereocenters. The molecule has 0 aliphatic heterocycles.